The van der Waals surface area contributed by atoms with E-state index in [-0.39, 0.29) is 23.7 Å². The molecular weight excluding hydrogens is 374 g/mol. The molecule has 0 aliphatic carbocycles. The summed E-state index contributed by atoms with van der Waals surface area (Å²) in [7, 11) is 3.45. The monoisotopic (exact) mass is 395 g/mol. The molecule has 1 atom stereocenters. The highest BCUT2D eigenvalue weighted by Crippen LogP contribution is 2.18. The fraction of sp³-hybridized carbons (Fsp3) is 0.316. The van der Waals surface area contributed by atoms with Gasteiger partial charge in [-0.15, -0.1) is 0 Å². The van der Waals surface area contributed by atoms with Gasteiger partial charge in [0, 0.05) is 32.9 Å². The molecule has 29 heavy (non-hydrogen) atoms. The van der Waals surface area contributed by atoms with Crippen molar-refractivity contribution < 1.29 is 9.59 Å². The molecule has 150 valence electrons. The van der Waals surface area contributed by atoms with Crippen molar-refractivity contribution in [2.75, 3.05) is 26.0 Å². The van der Waals surface area contributed by atoms with Gasteiger partial charge >= 0.3 is 0 Å². The molecular formula is C19H21N7O3. The summed E-state index contributed by atoms with van der Waals surface area (Å²) in [6, 6.07) is 6.16. The second-order valence-electron chi connectivity index (χ2n) is 6.92. The van der Waals surface area contributed by atoms with Gasteiger partial charge in [-0.25, -0.2) is 9.50 Å². The smallest absolute Gasteiger partial charge is 0.272 e. The second kappa shape index (κ2) is 7.38. The van der Waals surface area contributed by atoms with Crippen molar-refractivity contribution in [3.8, 4) is 0 Å². The maximum atomic E-state index is 12.8. The Hall–Kier alpha value is -3.69. The molecule has 4 heterocycles. The van der Waals surface area contributed by atoms with E-state index in [1.807, 2.05) is 0 Å². The molecule has 0 bridgehead atoms. The van der Waals surface area contributed by atoms with Crippen LogP contribution in [0, 0.1) is 0 Å². The first kappa shape index (κ1) is 18.7. The van der Waals surface area contributed by atoms with Gasteiger partial charge in [-0.2, -0.15) is 5.10 Å². The number of rotatable bonds is 5. The zero-order valence-electron chi connectivity index (χ0n) is 16.1. The van der Waals surface area contributed by atoms with Gasteiger partial charge in [-0.05, 0) is 18.6 Å². The summed E-state index contributed by atoms with van der Waals surface area (Å²) >= 11 is 0. The van der Waals surface area contributed by atoms with E-state index in [0.717, 1.165) is 0 Å². The summed E-state index contributed by atoms with van der Waals surface area (Å²) in [5.41, 5.74) is 1.82. The Bertz CT molecular complexity index is 1150. The van der Waals surface area contributed by atoms with E-state index in [0.29, 0.717) is 30.0 Å². The van der Waals surface area contributed by atoms with Crippen molar-refractivity contribution in [3.05, 3.63) is 58.4 Å². The summed E-state index contributed by atoms with van der Waals surface area (Å²) in [6.07, 6.45) is 3.67. The van der Waals surface area contributed by atoms with Crippen LogP contribution in [0.5, 0.6) is 0 Å². The van der Waals surface area contributed by atoms with Crippen LogP contribution in [0.2, 0.25) is 0 Å². The van der Waals surface area contributed by atoms with Crippen LogP contribution in [-0.2, 0) is 11.3 Å². The molecule has 2 amide bonds. The van der Waals surface area contributed by atoms with Gasteiger partial charge in [-0.1, -0.05) is 6.07 Å². The van der Waals surface area contributed by atoms with Crippen LogP contribution in [0.4, 0.5) is 5.69 Å². The van der Waals surface area contributed by atoms with Gasteiger partial charge in [0.05, 0.1) is 24.1 Å². The van der Waals surface area contributed by atoms with Gasteiger partial charge < -0.3 is 20.1 Å². The van der Waals surface area contributed by atoms with E-state index in [2.05, 4.69) is 20.7 Å². The summed E-state index contributed by atoms with van der Waals surface area (Å²) in [4.78, 5) is 42.8. The molecule has 3 aromatic rings. The molecule has 0 radical (unpaired) electrons. The van der Waals surface area contributed by atoms with E-state index in [1.165, 1.54) is 21.3 Å². The number of likely N-dealkylation sites (N-methyl/N-ethyl adjacent to an activating group) is 1. The molecule has 0 spiro atoms. The highest BCUT2D eigenvalue weighted by atomic mass is 16.2. The van der Waals surface area contributed by atoms with Crippen molar-refractivity contribution in [2.45, 2.75) is 19.0 Å². The molecule has 3 aromatic heterocycles. The largest absolute Gasteiger partial charge is 0.385 e. The average molecular weight is 395 g/mol. The standard InChI is InChI=1S/C19H21N7O3/c1-20-14-9-12(11-25-7-4-3-5-16(25)27)23-26-15(10-21-17(14)26)18(28)22-13-6-8-24(2)19(13)29/h3-5,7,9-10,13,20H,6,8,11H2,1-2H3,(H,22,28)/t13-/m1/s1. The highest BCUT2D eigenvalue weighted by molar-refractivity contribution is 5.97. The third kappa shape index (κ3) is 3.44. The fourth-order valence-electron chi connectivity index (χ4n) is 3.39. The molecule has 4 rings (SSSR count). The quantitative estimate of drug-likeness (QED) is 0.626. The first-order valence-corrected chi connectivity index (χ1v) is 9.24. The van der Waals surface area contributed by atoms with Crippen LogP contribution in [0.25, 0.3) is 5.65 Å². The van der Waals surface area contributed by atoms with E-state index in [1.54, 1.807) is 43.4 Å². The first-order chi connectivity index (χ1) is 14.0. The number of hydrogen-bond donors (Lipinski definition) is 2. The molecule has 1 fully saturated rings. The number of nitrogens with zero attached hydrogens (tertiary/aromatic N) is 5. The summed E-state index contributed by atoms with van der Waals surface area (Å²) in [5.74, 6) is -0.532. The lowest BCUT2D eigenvalue weighted by Crippen LogP contribution is -2.41. The van der Waals surface area contributed by atoms with E-state index < -0.39 is 11.9 Å². The predicted molar refractivity (Wildman–Crippen MR) is 106 cm³/mol. The Morgan fingerprint density at radius 2 is 2.14 bits per heavy atom. The Morgan fingerprint density at radius 3 is 2.83 bits per heavy atom. The van der Waals surface area contributed by atoms with E-state index in [9.17, 15) is 14.4 Å². The van der Waals surface area contributed by atoms with Gasteiger partial charge in [0.15, 0.2) is 11.3 Å². The van der Waals surface area contributed by atoms with Gasteiger partial charge in [0.2, 0.25) is 5.91 Å². The number of imidazole rings is 1. The number of likely N-dealkylation sites (tertiary alicyclic amines) is 1. The van der Waals surface area contributed by atoms with Crippen molar-refractivity contribution >= 4 is 23.1 Å². The van der Waals surface area contributed by atoms with Crippen LogP contribution in [0.15, 0.2) is 41.5 Å². The fourth-order valence-corrected chi connectivity index (χ4v) is 3.39. The topological polar surface area (TPSA) is 114 Å². The number of carbonyl (C=O) groups excluding carboxylic acids is 2. The number of fused-ring (bicyclic) bond motifs is 1. The number of carbonyl (C=O) groups is 2. The maximum Gasteiger partial charge on any atom is 0.272 e. The molecule has 1 saturated heterocycles. The molecule has 0 aromatic carbocycles. The lowest BCUT2D eigenvalue weighted by Gasteiger charge is -2.13. The average Bonchev–Trinajstić information content (AvgIpc) is 3.28. The van der Waals surface area contributed by atoms with Gasteiger partial charge in [0.25, 0.3) is 11.5 Å². The maximum absolute atomic E-state index is 12.8. The van der Waals surface area contributed by atoms with Crippen LogP contribution in [0.1, 0.15) is 22.6 Å². The van der Waals surface area contributed by atoms with Crippen LogP contribution in [0.3, 0.4) is 0 Å². The number of pyridine rings is 1. The minimum absolute atomic E-state index is 0.111. The molecule has 0 unspecified atom stereocenters. The zero-order chi connectivity index (χ0) is 20.5. The van der Waals surface area contributed by atoms with E-state index >= 15 is 0 Å². The van der Waals surface area contributed by atoms with Crippen LogP contribution < -0.4 is 16.2 Å². The number of nitrogens with one attached hydrogen (secondary N) is 2. The van der Waals surface area contributed by atoms with Crippen molar-refractivity contribution in [1.82, 2.24) is 29.4 Å². The lowest BCUT2D eigenvalue weighted by atomic mass is 10.2. The van der Waals surface area contributed by atoms with Crippen LogP contribution >= 0.6 is 0 Å². The summed E-state index contributed by atoms with van der Waals surface area (Å²) in [6.45, 7) is 0.852. The minimum atomic E-state index is -0.548. The summed E-state index contributed by atoms with van der Waals surface area (Å²) in [5, 5.41) is 10.3. The van der Waals surface area contributed by atoms with Crippen LogP contribution in [-0.4, -0.2) is 62.6 Å². The van der Waals surface area contributed by atoms with Gasteiger partial charge in [-0.3, -0.25) is 14.4 Å². The van der Waals surface area contributed by atoms with Gasteiger partial charge in [0.1, 0.15) is 6.04 Å². The third-order valence-electron chi connectivity index (χ3n) is 4.98. The molecule has 1 aliphatic rings. The molecule has 10 nitrogen and oxygen atoms in total. The molecule has 1 aliphatic heterocycles. The Balaban J connectivity index is 1.68. The second-order valence-corrected chi connectivity index (χ2v) is 6.92. The predicted octanol–water partition coefficient (Wildman–Crippen LogP) is -0.0585. The molecule has 0 saturated carbocycles. The molecule has 2 N–H and O–H groups in total. The number of aromatic nitrogens is 4. The first-order valence-electron chi connectivity index (χ1n) is 9.24. The Kier molecular flexibility index (Phi) is 4.75. The Morgan fingerprint density at radius 1 is 1.31 bits per heavy atom. The lowest BCUT2D eigenvalue weighted by molar-refractivity contribution is -0.128. The number of amides is 2. The molecule has 10 heteroatoms. The van der Waals surface area contributed by atoms with E-state index in [4.69, 9.17) is 0 Å². The SMILES string of the molecule is CNc1cc(Cn2ccccc2=O)nn2c(C(=O)N[C@@H]3CCN(C)C3=O)cnc12. The van der Waals surface area contributed by atoms with Crippen molar-refractivity contribution in [2.24, 2.45) is 0 Å². The summed E-state index contributed by atoms with van der Waals surface area (Å²) < 4.78 is 2.96. The number of anilines is 1. The van der Waals surface area contributed by atoms with Crippen molar-refractivity contribution in [3.63, 3.8) is 0 Å². The normalized spacial score (nSPS) is 16.4. The third-order valence-corrected chi connectivity index (χ3v) is 4.98. The van der Waals surface area contributed by atoms with Crippen molar-refractivity contribution in [1.29, 1.82) is 0 Å². The highest BCUT2D eigenvalue weighted by Gasteiger charge is 2.31. The Labute approximate surface area is 166 Å². The number of hydrogen-bond acceptors (Lipinski definition) is 6. The zero-order valence-corrected chi connectivity index (χ0v) is 16.1. The minimum Gasteiger partial charge on any atom is -0.385 e.